The SMILES string of the molecule is CC(NCCC1CCC1)c1ccc(C(=O)O)o1. The molecular weight excluding hydrogens is 218 g/mol. The zero-order chi connectivity index (χ0) is 12.3. The number of aromatic carboxylic acids is 1. The lowest BCUT2D eigenvalue weighted by Gasteiger charge is -2.25. The minimum absolute atomic E-state index is 0.00708. The number of carbonyl (C=O) groups is 1. The van der Waals surface area contributed by atoms with Crippen molar-refractivity contribution in [3.63, 3.8) is 0 Å². The van der Waals surface area contributed by atoms with Crippen LogP contribution >= 0.6 is 0 Å². The van der Waals surface area contributed by atoms with E-state index in [9.17, 15) is 4.79 Å². The minimum Gasteiger partial charge on any atom is -0.475 e. The molecule has 4 heteroatoms. The normalized spacial score (nSPS) is 17.7. The maximum atomic E-state index is 10.7. The Balaban J connectivity index is 1.77. The van der Waals surface area contributed by atoms with Crippen molar-refractivity contribution in [1.29, 1.82) is 0 Å². The Kier molecular flexibility index (Phi) is 3.84. The molecule has 1 aliphatic carbocycles. The zero-order valence-electron chi connectivity index (χ0n) is 10.1. The molecule has 0 aromatic carbocycles. The number of hydrogen-bond donors (Lipinski definition) is 2. The predicted molar refractivity (Wildman–Crippen MR) is 64.0 cm³/mol. The first-order valence-corrected chi connectivity index (χ1v) is 6.23. The summed E-state index contributed by atoms with van der Waals surface area (Å²) in [6.45, 7) is 2.96. The van der Waals surface area contributed by atoms with E-state index in [-0.39, 0.29) is 11.8 Å². The maximum absolute atomic E-state index is 10.7. The van der Waals surface area contributed by atoms with E-state index in [0.29, 0.717) is 5.76 Å². The summed E-state index contributed by atoms with van der Waals surface area (Å²) in [5.74, 6) is 0.572. The van der Waals surface area contributed by atoms with Gasteiger partial charge >= 0.3 is 5.97 Å². The fourth-order valence-electron chi connectivity index (χ4n) is 2.09. The summed E-state index contributed by atoms with van der Waals surface area (Å²) in [6, 6.07) is 3.30. The topological polar surface area (TPSA) is 62.5 Å². The van der Waals surface area contributed by atoms with E-state index >= 15 is 0 Å². The third-order valence-electron chi connectivity index (χ3n) is 3.49. The number of hydrogen-bond acceptors (Lipinski definition) is 3. The van der Waals surface area contributed by atoms with Crippen molar-refractivity contribution in [3.8, 4) is 0 Å². The molecule has 1 atom stereocenters. The van der Waals surface area contributed by atoms with Gasteiger partial charge in [0, 0.05) is 0 Å². The van der Waals surface area contributed by atoms with Gasteiger partial charge in [0.05, 0.1) is 6.04 Å². The van der Waals surface area contributed by atoms with E-state index in [4.69, 9.17) is 9.52 Å². The number of furan rings is 1. The van der Waals surface area contributed by atoms with Crippen molar-refractivity contribution in [2.75, 3.05) is 6.54 Å². The highest BCUT2D eigenvalue weighted by atomic mass is 16.4. The van der Waals surface area contributed by atoms with E-state index < -0.39 is 5.97 Å². The van der Waals surface area contributed by atoms with Gasteiger partial charge in [-0.15, -0.1) is 0 Å². The molecule has 0 bridgehead atoms. The van der Waals surface area contributed by atoms with Crippen LogP contribution in [0, 0.1) is 5.92 Å². The van der Waals surface area contributed by atoms with Gasteiger partial charge in [-0.3, -0.25) is 0 Å². The van der Waals surface area contributed by atoms with Crippen LogP contribution in [0.2, 0.25) is 0 Å². The first kappa shape index (κ1) is 12.2. The van der Waals surface area contributed by atoms with Crippen molar-refractivity contribution in [3.05, 3.63) is 23.7 Å². The van der Waals surface area contributed by atoms with Crippen molar-refractivity contribution < 1.29 is 14.3 Å². The summed E-state index contributed by atoms with van der Waals surface area (Å²) < 4.78 is 5.24. The Morgan fingerprint density at radius 1 is 1.59 bits per heavy atom. The molecule has 2 rings (SSSR count). The zero-order valence-corrected chi connectivity index (χ0v) is 10.1. The highest BCUT2D eigenvalue weighted by Gasteiger charge is 2.18. The van der Waals surface area contributed by atoms with Gasteiger partial charge in [0.25, 0.3) is 0 Å². The largest absolute Gasteiger partial charge is 0.475 e. The van der Waals surface area contributed by atoms with Crippen LogP contribution in [-0.4, -0.2) is 17.6 Å². The average Bonchev–Trinajstić information content (AvgIpc) is 2.70. The lowest BCUT2D eigenvalue weighted by atomic mass is 9.83. The fraction of sp³-hybridized carbons (Fsp3) is 0.615. The van der Waals surface area contributed by atoms with E-state index in [1.54, 1.807) is 6.07 Å². The van der Waals surface area contributed by atoms with Gasteiger partial charge in [-0.05, 0) is 37.9 Å². The predicted octanol–water partition coefficient (Wildman–Crippen LogP) is 2.82. The molecule has 1 aromatic heterocycles. The molecule has 1 unspecified atom stereocenters. The lowest BCUT2D eigenvalue weighted by molar-refractivity contribution is 0.0659. The quantitative estimate of drug-likeness (QED) is 0.798. The first-order chi connectivity index (χ1) is 8.16. The number of rotatable bonds is 6. The van der Waals surface area contributed by atoms with Gasteiger partial charge in [0.1, 0.15) is 5.76 Å². The van der Waals surface area contributed by atoms with E-state index in [2.05, 4.69) is 5.32 Å². The second kappa shape index (κ2) is 5.36. The second-order valence-electron chi connectivity index (χ2n) is 4.77. The van der Waals surface area contributed by atoms with Crippen molar-refractivity contribution in [1.82, 2.24) is 5.32 Å². The van der Waals surface area contributed by atoms with Gasteiger partial charge < -0.3 is 14.8 Å². The molecule has 0 spiro atoms. The van der Waals surface area contributed by atoms with Crippen molar-refractivity contribution in [2.45, 2.75) is 38.6 Å². The van der Waals surface area contributed by atoms with Crippen LogP contribution in [0.3, 0.4) is 0 Å². The number of carboxylic acids is 1. The molecular formula is C13H19NO3. The number of carboxylic acid groups (broad SMARTS) is 1. The van der Waals surface area contributed by atoms with E-state index in [1.165, 1.54) is 31.7 Å². The summed E-state index contributed by atoms with van der Waals surface area (Å²) in [4.78, 5) is 10.7. The Morgan fingerprint density at radius 2 is 2.35 bits per heavy atom. The molecule has 2 N–H and O–H groups in total. The van der Waals surface area contributed by atoms with Gasteiger partial charge in [0.15, 0.2) is 0 Å². The second-order valence-corrected chi connectivity index (χ2v) is 4.77. The van der Waals surface area contributed by atoms with Crippen LogP contribution in [-0.2, 0) is 0 Å². The molecule has 1 fully saturated rings. The van der Waals surface area contributed by atoms with Gasteiger partial charge in [0.2, 0.25) is 5.76 Å². The monoisotopic (exact) mass is 237 g/mol. The molecule has 0 saturated heterocycles. The molecule has 0 amide bonds. The first-order valence-electron chi connectivity index (χ1n) is 6.23. The molecule has 1 aromatic rings. The average molecular weight is 237 g/mol. The van der Waals surface area contributed by atoms with E-state index in [1.807, 2.05) is 6.92 Å². The van der Waals surface area contributed by atoms with Gasteiger partial charge in [-0.25, -0.2) is 4.79 Å². The molecule has 0 aliphatic heterocycles. The Labute approximate surface area is 101 Å². The van der Waals surface area contributed by atoms with Crippen LogP contribution in [0.15, 0.2) is 16.5 Å². The lowest BCUT2D eigenvalue weighted by Crippen LogP contribution is -2.23. The smallest absolute Gasteiger partial charge is 0.371 e. The highest BCUT2D eigenvalue weighted by molar-refractivity contribution is 5.84. The Bertz CT molecular complexity index is 382. The molecule has 0 radical (unpaired) electrons. The summed E-state index contributed by atoms with van der Waals surface area (Å²) in [5, 5.41) is 12.1. The summed E-state index contributed by atoms with van der Waals surface area (Å²) in [6.07, 6.45) is 5.30. The third-order valence-corrected chi connectivity index (χ3v) is 3.49. The Morgan fingerprint density at radius 3 is 2.88 bits per heavy atom. The molecule has 1 saturated carbocycles. The van der Waals surface area contributed by atoms with Crippen LogP contribution in [0.5, 0.6) is 0 Å². The highest BCUT2D eigenvalue weighted by Crippen LogP contribution is 2.29. The number of nitrogens with one attached hydrogen (secondary N) is 1. The standard InChI is InChI=1S/C13H19NO3/c1-9(14-8-7-10-3-2-4-10)11-5-6-12(17-11)13(15)16/h5-6,9-10,14H,2-4,7-8H2,1H3,(H,15,16). The summed E-state index contributed by atoms with van der Waals surface area (Å²) >= 11 is 0. The Hall–Kier alpha value is -1.29. The molecule has 1 aliphatic rings. The van der Waals surface area contributed by atoms with Crippen LogP contribution in [0.1, 0.15) is 55.0 Å². The van der Waals surface area contributed by atoms with Crippen molar-refractivity contribution in [2.24, 2.45) is 5.92 Å². The molecule has 94 valence electrons. The third kappa shape index (κ3) is 3.09. The van der Waals surface area contributed by atoms with Crippen molar-refractivity contribution >= 4 is 5.97 Å². The molecule has 4 nitrogen and oxygen atoms in total. The van der Waals surface area contributed by atoms with Gasteiger partial charge in [-0.2, -0.15) is 0 Å². The maximum Gasteiger partial charge on any atom is 0.371 e. The molecule has 1 heterocycles. The van der Waals surface area contributed by atoms with E-state index in [0.717, 1.165) is 12.5 Å². The van der Waals surface area contributed by atoms with Crippen LogP contribution < -0.4 is 5.32 Å². The summed E-state index contributed by atoms with van der Waals surface area (Å²) in [5.41, 5.74) is 0. The molecule has 17 heavy (non-hydrogen) atoms. The minimum atomic E-state index is -1.02. The van der Waals surface area contributed by atoms with Crippen LogP contribution in [0.25, 0.3) is 0 Å². The van der Waals surface area contributed by atoms with Gasteiger partial charge in [-0.1, -0.05) is 19.3 Å². The fourth-order valence-corrected chi connectivity index (χ4v) is 2.09. The van der Waals surface area contributed by atoms with Crippen LogP contribution in [0.4, 0.5) is 0 Å². The summed E-state index contributed by atoms with van der Waals surface area (Å²) in [7, 11) is 0.